The zero-order valence-corrected chi connectivity index (χ0v) is 22.5. The van der Waals surface area contributed by atoms with E-state index < -0.39 is 16.0 Å². The summed E-state index contributed by atoms with van der Waals surface area (Å²) in [7, 11) is -4.08. The number of anilines is 1. The van der Waals surface area contributed by atoms with Crippen LogP contribution in [-0.2, 0) is 10.0 Å². The fourth-order valence-electron chi connectivity index (χ4n) is 3.60. The summed E-state index contributed by atoms with van der Waals surface area (Å²) >= 11 is 0. The van der Waals surface area contributed by atoms with Gasteiger partial charge in [-0.15, -0.1) is 0 Å². The number of aryl methyl sites for hydroxylation is 1. The molecule has 1 heterocycles. The fourth-order valence-corrected chi connectivity index (χ4v) is 5.08. The van der Waals surface area contributed by atoms with Gasteiger partial charge in [0, 0.05) is 22.9 Å². The van der Waals surface area contributed by atoms with Gasteiger partial charge in [0.05, 0.1) is 6.04 Å². The largest absolute Gasteiger partial charge is 0.476 e. The Morgan fingerprint density at radius 3 is 2.38 bits per heavy atom. The Bertz CT molecular complexity index is 1430. The van der Waals surface area contributed by atoms with Crippen molar-refractivity contribution >= 4 is 27.6 Å². The maximum Gasteiger partial charge on any atom is 0.356 e. The van der Waals surface area contributed by atoms with Crippen molar-refractivity contribution in [3.63, 3.8) is 0 Å². The molecule has 0 bridgehead atoms. The minimum Gasteiger partial charge on any atom is -0.476 e. The van der Waals surface area contributed by atoms with Gasteiger partial charge in [-0.2, -0.15) is 5.10 Å². The van der Waals surface area contributed by atoms with Crippen LogP contribution in [0.3, 0.4) is 0 Å². The maximum atomic E-state index is 13.4. The average molecular weight is 529 g/mol. The van der Waals surface area contributed by atoms with Crippen molar-refractivity contribution in [2.75, 3.05) is 5.32 Å². The molecule has 3 rings (SSSR count). The molecule has 10 nitrogen and oxygen atoms in total. The lowest BCUT2D eigenvalue weighted by molar-refractivity contribution is 0.0688. The molecule has 0 saturated carbocycles. The van der Waals surface area contributed by atoms with E-state index in [0.717, 1.165) is 5.56 Å². The van der Waals surface area contributed by atoms with Gasteiger partial charge in [-0.3, -0.25) is 4.79 Å². The number of carboxylic acids is 1. The van der Waals surface area contributed by atoms with E-state index >= 15 is 0 Å². The van der Waals surface area contributed by atoms with E-state index in [0.29, 0.717) is 12.0 Å². The van der Waals surface area contributed by atoms with Crippen molar-refractivity contribution in [2.24, 2.45) is 0 Å². The summed E-state index contributed by atoms with van der Waals surface area (Å²) < 4.78 is 36.8. The van der Waals surface area contributed by atoms with Crippen molar-refractivity contribution < 1.29 is 27.9 Å². The molecule has 11 heteroatoms. The molecule has 0 saturated heterocycles. The molecule has 198 valence electrons. The van der Waals surface area contributed by atoms with Crippen LogP contribution in [0.25, 0.3) is 0 Å². The molecular weight excluding hydrogens is 496 g/mol. The van der Waals surface area contributed by atoms with Crippen molar-refractivity contribution in [3.05, 3.63) is 64.8 Å². The number of hydrogen-bond donors (Lipinski definition) is 3. The van der Waals surface area contributed by atoms with Crippen LogP contribution in [0.1, 0.15) is 72.1 Å². The maximum absolute atomic E-state index is 13.4. The Hall–Kier alpha value is -3.70. The summed E-state index contributed by atoms with van der Waals surface area (Å²) in [6.07, 6.45) is 0.556. The van der Waals surface area contributed by atoms with Gasteiger partial charge in [-0.25, -0.2) is 22.6 Å². The predicted octanol–water partition coefficient (Wildman–Crippen LogP) is 4.90. The molecule has 2 aromatic carbocycles. The second-order valence-corrected chi connectivity index (χ2v) is 10.8. The molecule has 0 radical (unpaired) electrons. The number of sulfonamides is 1. The van der Waals surface area contributed by atoms with E-state index in [1.807, 2.05) is 26.0 Å². The number of carbonyl (C=O) groups is 2. The van der Waals surface area contributed by atoms with E-state index in [4.69, 9.17) is 4.74 Å². The van der Waals surface area contributed by atoms with Gasteiger partial charge >= 0.3 is 5.97 Å². The summed E-state index contributed by atoms with van der Waals surface area (Å²) in [5.41, 5.74) is 1.57. The third-order valence-electron chi connectivity index (χ3n) is 5.84. The topological polar surface area (TPSA) is 140 Å². The lowest BCUT2D eigenvalue weighted by atomic mass is 10.1. The quantitative estimate of drug-likeness (QED) is 0.340. The number of nitrogens with zero attached hydrogens (tertiary/aromatic N) is 2. The highest BCUT2D eigenvalue weighted by Crippen LogP contribution is 2.35. The summed E-state index contributed by atoms with van der Waals surface area (Å²) in [4.78, 5) is 24.3. The van der Waals surface area contributed by atoms with Crippen LogP contribution in [0.4, 0.5) is 5.69 Å². The number of aromatic nitrogens is 2. The van der Waals surface area contributed by atoms with Crippen LogP contribution in [0.2, 0.25) is 0 Å². The van der Waals surface area contributed by atoms with Gasteiger partial charge in [-0.1, -0.05) is 25.1 Å². The Morgan fingerprint density at radius 2 is 1.78 bits per heavy atom. The molecule has 1 atom stereocenters. The van der Waals surface area contributed by atoms with Crippen LogP contribution < -0.4 is 14.8 Å². The van der Waals surface area contributed by atoms with Gasteiger partial charge in [0.2, 0.25) is 15.9 Å². The molecule has 37 heavy (non-hydrogen) atoms. The van der Waals surface area contributed by atoms with Gasteiger partial charge in [0.1, 0.15) is 10.6 Å². The molecule has 3 aromatic rings. The van der Waals surface area contributed by atoms with E-state index in [9.17, 15) is 23.1 Å². The molecule has 0 aliphatic rings. The first kappa shape index (κ1) is 27.9. The number of benzene rings is 2. The lowest BCUT2D eigenvalue weighted by Crippen LogP contribution is -2.32. The van der Waals surface area contributed by atoms with Crippen molar-refractivity contribution in [1.29, 1.82) is 0 Å². The normalized spacial score (nSPS) is 12.4. The number of rotatable bonds is 10. The highest BCUT2D eigenvalue weighted by Gasteiger charge is 2.27. The summed E-state index contributed by atoms with van der Waals surface area (Å²) in [5.74, 6) is -1.53. The standard InChI is InChI=1S/C26H32N4O6S/c1-7-17(5)29-37(34,35)22-14-19(27-24(31)20-11-9-8-10-16(20)4)12-13-21(22)36-25-18(6)23(26(32)33)28-30(25)15(2)3/h8-15,17,29H,7H2,1-6H3,(H,27,31)(H,32,33)/t17-/m1/s1. The lowest BCUT2D eigenvalue weighted by Gasteiger charge is -2.18. The zero-order chi connectivity index (χ0) is 27.5. The molecule has 1 amide bonds. The van der Waals surface area contributed by atoms with Crippen molar-refractivity contribution in [1.82, 2.24) is 14.5 Å². The Kier molecular flexibility index (Phi) is 8.39. The second kappa shape index (κ2) is 11.1. The van der Waals surface area contributed by atoms with Crippen LogP contribution in [-0.4, -0.2) is 41.2 Å². The van der Waals surface area contributed by atoms with Gasteiger partial charge < -0.3 is 15.2 Å². The Morgan fingerprint density at radius 1 is 1.11 bits per heavy atom. The number of carbonyl (C=O) groups excluding carboxylic acids is 1. The van der Waals surface area contributed by atoms with E-state index in [1.54, 1.807) is 39.8 Å². The van der Waals surface area contributed by atoms with Crippen molar-refractivity contribution in [3.8, 4) is 11.6 Å². The fraction of sp³-hybridized carbons (Fsp3) is 0.346. The summed E-state index contributed by atoms with van der Waals surface area (Å²) in [5, 5.41) is 16.4. The molecular formula is C26H32N4O6S. The predicted molar refractivity (Wildman–Crippen MR) is 140 cm³/mol. The Labute approximate surface area is 216 Å². The van der Waals surface area contributed by atoms with E-state index in [-0.39, 0.29) is 51.5 Å². The van der Waals surface area contributed by atoms with Crippen molar-refractivity contribution in [2.45, 2.75) is 64.9 Å². The number of ether oxygens (including phenoxy) is 1. The molecule has 0 unspecified atom stereocenters. The number of nitrogens with one attached hydrogen (secondary N) is 2. The first-order valence-corrected chi connectivity index (χ1v) is 13.4. The van der Waals surface area contributed by atoms with Gasteiger partial charge in [0.15, 0.2) is 5.69 Å². The first-order valence-electron chi connectivity index (χ1n) is 11.9. The first-order chi connectivity index (χ1) is 17.4. The number of amides is 1. The number of carboxylic acid groups (broad SMARTS) is 1. The smallest absolute Gasteiger partial charge is 0.356 e. The molecule has 0 spiro atoms. The van der Waals surface area contributed by atoms with Gasteiger partial charge in [0.25, 0.3) is 5.91 Å². The van der Waals surface area contributed by atoms with Crippen LogP contribution in [0.15, 0.2) is 47.4 Å². The average Bonchev–Trinajstić information content (AvgIpc) is 3.16. The molecule has 0 aliphatic heterocycles. The summed E-state index contributed by atoms with van der Waals surface area (Å²) in [6.45, 7) is 10.5. The highest BCUT2D eigenvalue weighted by molar-refractivity contribution is 7.89. The molecule has 1 aromatic heterocycles. The molecule has 3 N–H and O–H groups in total. The number of hydrogen-bond acceptors (Lipinski definition) is 6. The Balaban J connectivity index is 2.10. The number of aromatic carboxylic acids is 1. The minimum atomic E-state index is -4.08. The second-order valence-electron chi connectivity index (χ2n) is 9.09. The third-order valence-corrected chi connectivity index (χ3v) is 7.45. The van der Waals surface area contributed by atoms with E-state index in [2.05, 4.69) is 15.1 Å². The molecule has 0 fully saturated rings. The third kappa shape index (κ3) is 6.17. The molecule has 0 aliphatic carbocycles. The van der Waals surface area contributed by atoms with Crippen LogP contribution >= 0.6 is 0 Å². The van der Waals surface area contributed by atoms with Gasteiger partial charge in [-0.05, 0) is 70.9 Å². The highest BCUT2D eigenvalue weighted by atomic mass is 32.2. The van der Waals surface area contributed by atoms with Crippen LogP contribution in [0, 0.1) is 13.8 Å². The SMILES string of the molecule is CC[C@@H](C)NS(=O)(=O)c1cc(NC(=O)c2ccccc2C)ccc1Oc1c(C)c(C(=O)O)nn1C(C)C. The minimum absolute atomic E-state index is 0.0356. The zero-order valence-electron chi connectivity index (χ0n) is 21.7. The van der Waals surface area contributed by atoms with Crippen LogP contribution in [0.5, 0.6) is 11.6 Å². The summed E-state index contributed by atoms with van der Waals surface area (Å²) in [6, 6.07) is 10.7. The monoisotopic (exact) mass is 528 g/mol. The van der Waals surface area contributed by atoms with E-state index in [1.165, 1.54) is 22.9 Å².